The second kappa shape index (κ2) is 7.97. The number of rotatable bonds is 5. The van der Waals surface area contributed by atoms with Gasteiger partial charge in [-0.05, 0) is 48.0 Å². The van der Waals surface area contributed by atoms with Gasteiger partial charge in [-0.15, -0.1) is 0 Å². The zero-order valence-electron chi connectivity index (χ0n) is 13.9. The summed E-state index contributed by atoms with van der Waals surface area (Å²) in [5, 5.41) is 6.86. The molecule has 0 unspecified atom stereocenters. The maximum atomic E-state index is 12.6. The minimum atomic E-state index is -0.883. The Labute approximate surface area is 158 Å². The van der Waals surface area contributed by atoms with Gasteiger partial charge in [0.2, 0.25) is 0 Å². The molecule has 0 saturated carbocycles. The summed E-state index contributed by atoms with van der Waals surface area (Å²) in [6.45, 7) is 0. The van der Waals surface area contributed by atoms with Gasteiger partial charge in [0, 0.05) is 22.4 Å². The number of aromatic nitrogens is 2. The van der Waals surface area contributed by atoms with Gasteiger partial charge >= 0.3 is 5.97 Å². The molecule has 0 aliphatic carbocycles. The van der Waals surface area contributed by atoms with Gasteiger partial charge in [-0.3, -0.25) is 4.79 Å². The van der Waals surface area contributed by atoms with Crippen molar-refractivity contribution < 1.29 is 14.3 Å². The molecule has 3 rings (SSSR count). The summed E-state index contributed by atoms with van der Waals surface area (Å²) in [5.74, 6) is -0.899. The lowest BCUT2D eigenvalue weighted by atomic mass is 10.1. The fourth-order valence-electron chi connectivity index (χ4n) is 2.45. The fourth-order valence-corrected chi connectivity index (χ4v) is 2.72. The van der Waals surface area contributed by atoms with Crippen molar-refractivity contribution in [2.75, 3.05) is 7.11 Å². The van der Waals surface area contributed by atoms with Crippen molar-refractivity contribution >= 4 is 27.8 Å². The molecule has 1 atom stereocenters. The third kappa shape index (κ3) is 4.00. The maximum Gasteiger partial charge on any atom is 0.333 e. The SMILES string of the molecule is COC(=O)[C@@H](NC(=O)c1ccc(-n2cccn2)cc1)c1ccc(Br)cc1. The number of esters is 1. The summed E-state index contributed by atoms with van der Waals surface area (Å²) in [4.78, 5) is 24.7. The van der Waals surface area contributed by atoms with E-state index < -0.39 is 12.0 Å². The summed E-state index contributed by atoms with van der Waals surface area (Å²) in [6, 6.07) is 15.0. The van der Waals surface area contributed by atoms with Crippen LogP contribution in [-0.4, -0.2) is 28.8 Å². The first-order chi connectivity index (χ1) is 12.6. The van der Waals surface area contributed by atoms with Gasteiger partial charge in [0.15, 0.2) is 6.04 Å². The lowest BCUT2D eigenvalue weighted by Gasteiger charge is -2.17. The maximum absolute atomic E-state index is 12.6. The summed E-state index contributed by atoms with van der Waals surface area (Å²) < 4.78 is 7.40. The van der Waals surface area contributed by atoms with Crippen molar-refractivity contribution in [3.05, 3.63) is 82.6 Å². The minimum Gasteiger partial charge on any atom is -0.467 e. The average Bonchev–Trinajstić information content (AvgIpc) is 3.21. The van der Waals surface area contributed by atoms with Gasteiger partial charge in [-0.1, -0.05) is 28.1 Å². The Bertz CT molecular complexity index is 891. The molecule has 2 aromatic carbocycles. The molecule has 0 fully saturated rings. The lowest BCUT2D eigenvalue weighted by molar-refractivity contribution is -0.143. The fraction of sp³-hybridized carbons (Fsp3) is 0.105. The van der Waals surface area contributed by atoms with Gasteiger partial charge in [0.05, 0.1) is 12.8 Å². The van der Waals surface area contributed by atoms with E-state index in [1.54, 1.807) is 59.4 Å². The summed E-state index contributed by atoms with van der Waals surface area (Å²) in [5.41, 5.74) is 1.91. The van der Waals surface area contributed by atoms with E-state index >= 15 is 0 Å². The second-order valence-electron chi connectivity index (χ2n) is 5.48. The molecule has 3 aromatic rings. The molecular formula is C19H16BrN3O3. The van der Waals surface area contributed by atoms with Crippen LogP contribution in [0, 0.1) is 0 Å². The van der Waals surface area contributed by atoms with Gasteiger partial charge in [0.1, 0.15) is 0 Å². The van der Waals surface area contributed by atoms with E-state index in [4.69, 9.17) is 4.74 Å². The molecule has 0 aliphatic rings. The summed E-state index contributed by atoms with van der Waals surface area (Å²) >= 11 is 3.35. The second-order valence-corrected chi connectivity index (χ2v) is 6.39. The minimum absolute atomic E-state index is 0.365. The van der Waals surface area contributed by atoms with Crippen LogP contribution in [-0.2, 0) is 9.53 Å². The molecule has 1 N–H and O–H groups in total. The standard InChI is InChI=1S/C19H16BrN3O3/c1-26-19(25)17(13-3-7-15(20)8-4-13)22-18(24)14-5-9-16(10-6-14)23-12-2-11-21-23/h2-12,17H,1H3,(H,22,24)/t17-/m0/s1. The van der Waals surface area contributed by atoms with E-state index in [-0.39, 0.29) is 5.91 Å². The molecule has 6 nitrogen and oxygen atoms in total. The number of amides is 1. The Morgan fingerprint density at radius 3 is 2.38 bits per heavy atom. The normalized spacial score (nSPS) is 11.6. The molecule has 0 saturated heterocycles. The van der Waals surface area contributed by atoms with E-state index in [9.17, 15) is 9.59 Å². The Morgan fingerprint density at radius 2 is 1.81 bits per heavy atom. The van der Waals surface area contributed by atoms with Gasteiger partial charge in [-0.25, -0.2) is 9.48 Å². The number of nitrogens with one attached hydrogen (secondary N) is 1. The van der Waals surface area contributed by atoms with Crippen LogP contribution < -0.4 is 5.32 Å². The van der Waals surface area contributed by atoms with Crippen molar-refractivity contribution in [2.45, 2.75) is 6.04 Å². The van der Waals surface area contributed by atoms with Crippen LogP contribution in [0.15, 0.2) is 71.5 Å². The molecule has 7 heteroatoms. The third-order valence-electron chi connectivity index (χ3n) is 3.81. The van der Waals surface area contributed by atoms with Crippen LogP contribution in [0.5, 0.6) is 0 Å². The number of carbonyl (C=O) groups is 2. The van der Waals surface area contributed by atoms with Crippen LogP contribution in [0.2, 0.25) is 0 Å². The molecule has 1 aromatic heterocycles. The number of methoxy groups -OCH3 is 1. The number of halogens is 1. The number of nitrogens with zero attached hydrogens (tertiary/aromatic N) is 2. The van der Waals surface area contributed by atoms with Crippen molar-refractivity contribution in [2.24, 2.45) is 0 Å². The Hall–Kier alpha value is -2.93. The predicted octanol–water partition coefficient (Wildman–Crippen LogP) is 3.28. The highest BCUT2D eigenvalue weighted by Gasteiger charge is 2.24. The highest BCUT2D eigenvalue weighted by Crippen LogP contribution is 2.19. The summed E-state index contributed by atoms with van der Waals surface area (Å²) in [6.07, 6.45) is 3.50. The Kier molecular flexibility index (Phi) is 5.48. The van der Waals surface area contributed by atoms with Crippen LogP contribution in [0.25, 0.3) is 5.69 Å². The molecule has 1 amide bonds. The molecule has 0 spiro atoms. The first kappa shape index (κ1) is 17.9. The molecule has 132 valence electrons. The van der Waals surface area contributed by atoms with E-state index in [0.717, 1.165) is 10.2 Å². The number of carbonyl (C=O) groups excluding carboxylic acids is 2. The van der Waals surface area contributed by atoms with E-state index in [1.165, 1.54) is 7.11 Å². The molecule has 26 heavy (non-hydrogen) atoms. The van der Waals surface area contributed by atoms with Crippen LogP contribution in [0.4, 0.5) is 0 Å². The predicted molar refractivity (Wildman–Crippen MR) is 99.9 cm³/mol. The van der Waals surface area contributed by atoms with Crippen molar-refractivity contribution in [1.82, 2.24) is 15.1 Å². The van der Waals surface area contributed by atoms with Crippen LogP contribution >= 0.6 is 15.9 Å². The highest BCUT2D eigenvalue weighted by molar-refractivity contribution is 9.10. The monoisotopic (exact) mass is 413 g/mol. The number of hydrogen-bond donors (Lipinski definition) is 1. The van der Waals surface area contributed by atoms with Gasteiger partial charge in [0.25, 0.3) is 5.91 Å². The zero-order valence-corrected chi connectivity index (χ0v) is 15.5. The third-order valence-corrected chi connectivity index (χ3v) is 4.34. The molecule has 0 radical (unpaired) electrons. The number of benzene rings is 2. The van der Waals surface area contributed by atoms with Crippen molar-refractivity contribution in [3.8, 4) is 5.69 Å². The van der Waals surface area contributed by atoms with Gasteiger partial charge in [-0.2, -0.15) is 5.10 Å². The van der Waals surface area contributed by atoms with Crippen molar-refractivity contribution in [3.63, 3.8) is 0 Å². The molecule has 0 bridgehead atoms. The first-order valence-electron chi connectivity index (χ1n) is 7.83. The number of hydrogen-bond acceptors (Lipinski definition) is 4. The van der Waals surface area contributed by atoms with Crippen molar-refractivity contribution in [1.29, 1.82) is 0 Å². The van der Waals surface area contributed by atoms with Crippen LogP contribution in [0.3, 0.4) is 0 Å². The number of ether oxygens (including phenoxy) is 1. The molecular weight excluding hydrogens is 398 g/mol. The quantitative estimate of drug-likeness (QED) is 0.651. The molecule has 0 aliphatic heterocycles. The zero-order chi connectivity index (χ0) is 18.5. The van der Waals surface area contributed by atoms with Gasteiger partial charge < -0.3 is 10.1 Å². The summed E-state index contributed by atoms with van der Waals surface area (Å²) in [7, 11) is 1.29. The van der Waals surface area contributed by atoms with Crippen LogP contribution in [0.1, 0.15) is 22.0 Å². The van der Waals surface area contributed by atoms with E-state index in [0.29, 0.717) is 11.1 Å². The smallest absolute Gasteiger partial charge is 0.333 e. The van der Waals surface area contributed by atoms with E-state index in [1.807, 2.05) is 12.3 Å². The topological polar surface area (TPSA) is 73.2 Å². The largest absolute Gasteiger partial charge is 0.467 e. The first-order valence-corrected chi connectivity index (χ1v) is 8.62. The Balaban J connectivity index is 1.79. The highest BCUT2D eigenvalue weighted by atomic mass is 79.9. The Morgan fingerprint density at radius 1 is 1.12 bits per heavy atom. The average molecular weight is 414 g/mol. The lowest BCUT2D eigenvalue weighted by Crippen LogP contribution is -2.34. The molecule has 1 heterocycles. The van der Waals surface area contributed by atoms with E-state index in [2.05, 4.69) is 26.3 Å².